The first-order valence-electron chi connectivity index (χ1n) is 11.8. The molecule has 2 unspecified atom stereocenters. The molecule has 5 N–H and O–H groups in total. The van der Waals surface area contributed by atoms with Gasteiger partial charge in [-0.2, -0.15) is 5.10 Å². The number of nitrogens with one attached hydrogen (secondary N) is 4. The van der Waals surface area contributed by atoms with Gasteiger partial charge < -0.3 is 30.5 Å². The third-order valence-electron chi connectivity index (χ3n) is 5.40. The highest BCUT2D eigenvalue weighted by molar-refractivity contribution is 7.16. The Morgan fingerprint density at radius 3 is 2.59 bits per heavy atom. The number of carbonyl (C=O) groups excluding carboxylic acids is 3. The Bertz CT molecular complexity index is 1250. The van der Waals surface area contributed by atoms with Crippen LogP contribution in [0.3, 0.4) is 0 Å². The number of H-pyrrole nitrogens is 1. The van der Waals surface area contributed by atoms with Crippen LogP contribution in [-0.2, 0) is 22.4 Å². The van der Waals surface area contributed by atoms with Crippen molar-refractivity contribution in [2.24, 2.45) is 0 Å². The van der Waals surface area contributed by atoms with E-state index in [0.29, 0.717) is 28.3 Å². The number of fused-ring (bicyclic) bond motifs is 1. The molecule has 3 amide bonds. The fraction of sp³-hybridized carbons (Fsp3) is 0.440. The Morgan fingerprint density at radius 1 is 1.16 bits per heavy atom. The number of aliphatic hydroxyl groups is 1. The van der Waals surface area contributed by atoms with E-state index in [1.54, 1.807) is 33.0 Å². The Kier molecular flexibility index (Phi) is 9.24. The minimum absolute atomic E-state index is 0.130. The van der Waals surface area contributed by atoms with Crippen LogP contribution in [0.4, 0.5) is 4.79 Å². The van der Waals surface area contributed by atoms with Gasteiger partial charge in [0.15, 0.2) is 6.29 Å². The fourth-order valence-electron chi connectivity index (χ4n) is 3.57. The van der Waals surface area contributed by atoms with Gasteiger partial charge >= 0.3 is 6.09 Å². The van der Waals surface area contributed by atoms with Crippen molar-refractivity contribution in [2.75, 3.05) is 13.7 Å². The molecule has 0 aliphatic rings. The summed E-state index contributed by atoms with van der Waals surface area (Å²) in [7, 11) is 1.28. The molecule has 0 saturated carbocycles. The van der Waals surface area contributed by atoms with Crippen molar-refractivity contribution in [3.63, 3.8) is 0 Å². The Morgan fingerprint density at radius 2 is 1.92 bits per heavy atom. The number of thiophene rings is 1. The molecule has 2 heterocycles. The Labute approximate surface area is 218 Å². The summed E-state index contributed by atoms with van der Waals surface area (Å²) in [6.45, 7) is 7.23. The van der Waals surface area contributed by atoms with E-state index in [-0.39, 0.29) is 12.5 Å². The number of aromatic amines is 1. The van der Waals surface area contributed by atoms with Crippen LogP contribution in [0.5, 0.6) is 0 Å². The number of ether oxygens (including phenoxy) is 2. The van der Waals surface area contributed by atoms with E-state index in [1.165, 1.54) is 7.11 Å². The molecule has 0 aliphatic carbocycles. The summed E-state index contributed by atoms with van der Waals surface area (Å²) < 4.78 is 10.2. The Hall–Kier alpha value is -3.48. The summed E-state index contributed by atoms with van der Waals surface area (Å²) in [6.07, 6.45) is 0.166. The van der Waals surface area contributed by atoms with Crippen molar-refractivity contribution in [1.82, 2.24) is 26.1 Å². The first-order chi connectivity index (χ1) is 17.5. The highest BCUT2D eigenvalue weighted by atomic mass is 32.1. The molecule has 2 aromatic heterocycles. The molecule has 0 radical (unpaired) electrons. The lowest BCUT2D eigenvalue weighted by atomic mass is 10.1. The van der Waals surface area contributed by atoms with Gasteiger partial charge in [-0.3, -0.25) is 14.7 Å². The van der Waals surface area contributed by atoms with Crippen LogP contribution in [0.1, 0.15) is 58.2 Å². The quantitative estimate of drug-likeness (QED) is 0.252. The van der Waals surface area contributed by atoms with Gasteiger partial charge in [-0.1, -0.05) is 19.1 Å². The molecule has 3 rings (SSSR count). The molecule has 2 atom stereocenters. The number of nitrogens with zero attached hydrogens (tertiary/aromatic N) is 1. The summed E-state index contributed by atoms with van der Waals surface area (Å²) in [5, 5.41) is 26.2. The predicted octanol–water partition coefficient (Wildman–Crippen LogP) is 2.70. The fourth-order valence-corrected chi connectivity index (χ4v) is 4.64. The summed E-state index contributed by atoms with van der Waals surface area (Å²) in [5.74, 6) is -0.796. The maximum Gasteiger partial charge on any atom is 0.407 e. The molecule has 0 fully saturated rings. The zero-order chi connectivity index (χ0) is 27.2. The van der Waals surface area contributed by atoms with Crippen molar-refractivity contribution in [3.8, 4) is 0 Å². The van der Waals surface area contributed by atoms with E-state index in [9.17, 15) is 19.5 Å². The minimum atomic E-state index is -1.38. The monoisotopic (exact) mass is 531 g/mol. The average Bonchev–Trinajstić information content (AvgIpc) is 3.51. The normalized spacial score (nSPS) is 13.1. The number of rotatable bonds is 10. The van der Waals surface area contributed by atoms with E-state index in [4.69, 9.17) is 9.47 Å². The predicted molar refractivity (Wildman–Crippen MR) is 139 cm³/mol. The smallest absolute Gasteiger partial charge is 0.407 e. The molecule has 1 aromatic carbocycles. The maximum atomic E-state index is 13.1. The van der Waals surface area contributed by atoms with Gasteiger partial charge in [0.05, 0.1) is 27.5 Å². The number of aryl methyl sites for hydroxylation is 1. The summed E-state index contributed by atoms with van der Waals surface area (Å²) >= 11 is 1.06. The zero-order valence-corrected chi connectivity index (χ0v) is 22.3. The van der Waals surface area contributed by atoms with E-state index in [2.05, 4.69) is 26.1 Å². The molecular weight excluding hydrogens is 498 g/mol. The standard InChI is InChI=1S/C25H33N5O6S/c1-6-14-10-19(21(31)26-11-15-8-7-9-17-16(15)12-28-30-17)37-20(14)22(32)29-18(23(33)35-5)13-27-24(34)36-25(2,3)4/h7-10,12,18,23,33H,6,11,13H2,1-5H3,(H,26,31)(H,27,34)(H,28,30)(H,29,32). The number of methoxy groups -OCH3 is 1. The molecular formula is C25H33N5O6S. The van der Waals surface area contributed by atoms with Crippen molar-refractivity contribution < 1.29 is 29.0 Å². The van der Waals surface area contributed by atoms with Crippen LogP contribution in [0, 0.1) is 0 Å². The SMILES string of the molecule is CCc1cc(C(=O)NCc2cccc3[nH]ncc23)sc1C(=O)NC(CNC(=O)OC(C)(C)C)C(O)OC. The molecule has 0 bridgehead atoms. The Balaban J connectivity index is 1.67. The van der Waals surface area contributed by atoms with E-state index in [1.807, 2.05) is 25.1 Å². The largest absolute Gasteiger partial charge is 0.444 e. The van der Waals surface area contributed by atoms with Gasteiger partial charge in [-0.15, -0.1) is 11.3 Å². The van der Waals surface area contributed by atoms with E-state index < -0.39 is 29.9 Å². The van der Waals surface area contributed by atoms with Crippen LogP contribution in [0.2, 0.25) is 0 Å². The van der Waals surface area contributed by atoms with Gasteiger partial charge in [-0.25, -0.2) is 4.79 Å². The molecule has 12 heteroatoms. The first kappa shape index (κ1) is 28.1. The van der Waals surface area contributed by atoms with Crippen LogP contribution in [0.15, 0.2) is 30.5 Å². The number of carbonyl (C=O) groups is 3. The number of aromatic nitrogens is 2. The van der Waals surface area contributed by atoms with Gasteiger partial charge in [0.1, 0.15) is 5.60 Å². The molecule has 200 valence electrons. The second kappa shape index (κ2) is 12.2. The summed E-state index contributed by atoms with van der Waals surface area (Å²) in [5.41, 5.74) is 1.79. The molecule has 11 nitrogen and oxygen atoms in total. The third kappa shape index (κ3) is 7.51. The first-order valence-corrected chi connectivity index (χ1v) is 12.6. The third-order valence-corrected chi connectivity index (χ3v) is 6.58. The average molecular weight is 532 g/mol. The van der Waals surface area contributed by atoms with Crippen LogP contribution < -0.4 is 16.0 Å². The van der Waals surface area contributed by atoms with Crippen molar-refractivity contribution >= 4 is 40.1 Å². The lowest BCUT2D eigenvalue weighted by molar-refractivity contribution is -0.0941. The van der Waals surface area contributed by atoms with Gasteiger partial charge in [0.2, 0.25) is 0 Å². The molecule has 0 spiro atoms. The number of aliphatic hydroxyl groups excluding tert-OH is 1. The van der Waals surface area contributed by atoms with Crippen molar-refractivity contribution in [1.29, 1.82) is 0 Å². The number of hydrogen-bond acceptors (Lipinski definition) is 8. The zero-order valence-electron chi connectivity index (χ0n) is 21.5. The number of benzene rings is 1. The van der Waals surface area contributed by atoms with Gasteiger partial charge in [-0.05, 0) is 50.5 Å². The summed E-state index contributed by atoms with van der Waals surface area (Å²) in [4.78, 5) is 38.7. The van der Waals surface area contributed by atoms with Gasteiger partial charge in [0, 0.05) is 25.6 Å². The van der Waals surface area contributed by atoms with E-state index in [0.717, 1.165) is 27.8 Å². The molecule has 37 heavy (non-hydrogen) atoms. The molecule has 3 aromatic rings. The topological polar surface area (TPSA) is 155 Å². The van der Waals surface area contributed by atoms with Gasteiger partial charge in [0.25, 0.3) is 11.8 Å². The van der Waals surface area contributed by atoms with Crippen molar-refractivity contribution in [3.05, 3.63) is 51.3 Å². The lowest BCUT2D eigenvalue weighted by Gasteiger charge is -2.25. The second-order valence-corrected chi connectivity index (χ2v) is 10.4. The van der Waals surface area contributed by atoms with Crippen LogP contribution in [-0.4, -0.2) is 64.8 Å². The molecule has 0 saturated heterocycles. The van der Waals surface area contributed by atoms with Crippen LogP contribution >= 0.6 is 11.3 Å². The lowest BCUT2D eigenvalue weighted by Crippen LogP contribution is -2.51. The van der Waals surface area contributed by atoms with E-state index >= 15 is 0 Å². The number of amides is 3. The maximum absolute atomic E-state index is 13.1. The molecule has 0 aliphatic heterocycles. The highest BCUT2D eigenvalue weighted by Gasteiger charge is 2.26. The van der Waals surface area contributed by atoms with Crippen LogP contribution in [0.25, 0.3) is 10.9 Å². The second-order valence-electron chi connectivity index (χ2n) is 9.34. The van der Waals surface area contributed by atoms with Crippen molar-refractivity contribution in [2.45, 2.75) is 58.6 Å². The minimum Gasteiger partial charge on any atom is -0.444 e. The highest BCUT2D eigenvalue weighted by Crippen LogP contribution is 2.24. The number of hydrogen-bond donors (Lipinski definition) is 5. The number of alkyl carbamates (subject to hydrolysis) is 1. The summed E-state index contributed by atoms with van der Waals surface area (Å²) in [6, 6.07) is 6.43.